The minimum Gasteiger partial charge on any atom is -0.421 e. The Labute approximate surface area is 99.9 Å². The molecule has 0 radical (unpaired) electrons. The summed E-state index contributed by atoms with van der Waals surface area (Å²) in [5, 5.41) is 0. The number of cyclic esters (lactones) is 1. The molecule has 19 heavy (non-hydrogen) atoms. The fourth-order valence-electron chi connectivity index (χ4n) is 1.66. The number of carbonyl (C=O) groups is 2. The van der Waals surface area contributed by atoms with Crippen molar-refractivity contribution in [1.29, 1.82) is 0 Å². The molecule has 2 saturated heterocycles. The Hall–Kier alpha value is -1.52. The summed E-state index contributed by atoms with van der Waals surface area (Å²) in [4.78, 5) is 22.0. The van der Waals surface area contributed by atoms with Gasteiger partial charge in [0.2, 0.25) is 0 Å². The van der Waals surface area contributed by atoms with Crippen LogP contribution in [0.1, 0.15) is 12.8 Å². The Morgan fingerprint density at radius 2 is 1.47 bits per heavy atom. The molecule has 2 fully saturated rings. The molecule has 0 bridgehead atoms. The van der Waals surface area contributed by atoms with E-state index in [4.69, 9.17) is 0 Å². The van der Waals surface area contributed by atoms with Crippen LogP contribution in [0.15, 0.2) is 0 Å². The van der Waals surface area contributed by atoms with Gasteiger partial charge in [0, 0.05) is 6.42 Å². The van der Waals surface area contributed by atoms with Gasteiger partial charge in [-0.3, -0.25) is 9.53 Å². The Bertz CT molecular complexity index is 426. The summed E-state index contributed by atoms with van der Waals surface area (Å²) in [7, 11) is 0. The highest BCUT2D eigenvalue weighted by Gasteiger charge is 2.84. The maximum Gasteiger partial charge on any atom is 0.465 e. The number of carbonyl (C=O) groups excluding carboxylic acids is 2. The van der Waals surface area contributed by atoms with E-state index in [1.807, 2.05) is 0 Å². The Balaban J connectivity index is 2.46. The molecule has 2 aliphatic heterocycles. The maximum atomic E-state index is 12.6. The molecule has 11 heteroatoms. The van der Waals surface area contributed by atoms with E-state index < -0.39 is 48.7 Å². The second-order valence-corrected chi connectivity index (χ2v) is 3.83. The number of esters is 2. The van der Waals surface area contributed by atoms with Gasteiger partial charge in [-0.1, -0.05) is 0 Å². The lowest BCUT2D eigenvalue weighted by molar-refractivity contribution is -0.454. The van der Waals surface area contributed by atoms with Gasteiger partial charge in [-0.2, -0.15) is 26.3 Å². The second kappa shape index (κ2) is 3.52. The van der Waals surface area contributed by atoms with E-state index in [0.29, 0.717) is 0 Å². The molecule has 0 amide bonds. The number of rotatable bonds is 0. The molecule has 1 unspecified atom stereocenters. The third-order valence-electron chi connectivity index (χ3n) is 2.54. The van der Waals surface area contributed by atoms with Crippen molar-refractivity contribution >= 4 is 11.9 Å². The number of hydrogen-bond donors (Lipinski definition) is 0. The standard InChI is InChI=1S/C8H4F6O5/c9-7(10,11)6(8(12,13)14)18-4(16)5(19-6)2-1-3(15)17-5/h1-2H2. The van der Waals surface area contributed by atoms with E-state index in [2.05, 4.69) is 14.2 Å². The van der Waals surface area contributed by atoms with Crippen molar-refractivity contribution in [2.45, 2.75) is 36.8 Å². The predicted octanol–water partition coefficient (Wildman–Crippen LogP) is 1.41. The molecule has 108 valence electrons. The highest BCUT2D eigenvalue weighted by atomic mass is 19.4. The highest BCUT2D eigenvalue weighted by molar-refractivity contribution is 5.87. The first-order valence-electron chi connectivity index (χ1n) is 4.72. The van der Waals surface area contributed by atoms with Crippen molar-refractivity contribution in [1.82, 2.24) is 0 Å². The quantitative estimate of drug-likeness (QED) is 0.499. The number of ether oxygens (including phenoxy) is 3. The van der Waals surface area contributed by atoms with Crippen molar-refractivity contribution in [3.63, 3.8) is 0 Å². The summed E-state index contributed by atoms with van der Waals surface area (Å²) in [6.07, 6.45) is -13.5. The van der Waals surface area contributed by atoms with Crippen molar-refractivity contribution in [2.24, 2.45) is 0 Å². The monoisotopic (exact) mass is 294 g/mol. The summed E-state index contributed by atoms with van der Waals surface area (Å²) in [6.45, 7) is 0. The van der Waals surface area contributed by atoms with E-state index in [-0.39, 0.29) is 0 Å². The lowest BCUT2D eigenvalue weighted by Gasteiger charge is -2.31. The van der Waals surface area contributed by atoms with Crippen LogP contribution in [0.3, 0.4) is 0 Å². The third kappa shape index (κ3) is 1.75. The van der Waals surface area contributed by atoms with Crippen molar-refractivity contribution in [2.75, 3.05) is 0 Å². The molecule has 2 rings (SSSR count). The van der Waals surface area contributed by atoms with Gasteiger partial charge in [-0.25, -0.2) is 4.79 Å². The lowest BCUT2D eigenvalue weighted by atomic mass is 10.2. The summed E-state index contributed by atoms with van der Waals surface area (Å²) >= 11 is 0. The molecule has 5 nitrogen and oxygen atoms in total. The molecule has 0 N–H and O–H groups in total. The van der Waals surface area contributed by atoms with E-state index in [1.165, 1.54) is 0 Å². The van der Waals surface area contributed by atoms with Crippen LogP contribution in [0.5, 0.6) is 0 Å². The van der Waals surface area contributed by atoms with Gasteiger partial charge >= 0.3 is 35.9 Å². The largest absolute Gasteiger partial charge is 0.465 e. The number of halogens is 6. The van der Waals surface area contributed by atoms with Gasteiger partial charge in [-0.15, -0.1) is 0 Å². The first kappa shape index (κ1) is 13.9. The Kier molecular flexibility index (Phi) is 2.58. The molecular formula is C8H4F6O5. The average Bonchev–Trinajstić information content (AvgIpc) is 2.69. The fraction of sp³-hybridized carbons (Fsp3) is 0.750. The fourth-order valence-corrected chi connectivity index (χ4v) is 1.66. The summed E-state index contributed by atoms with van der Waals surface area (Å²) < 4.78 is 86.6. The first-order valence-corrected chi connectivity index (χ1v) is 4.72. The molecule has 0 aromatic rings. The molecule has 0 aromatic heterocycles. The van der Waals surface area contributed by atoms with Crippen molar-refractivity contribution in [3.05, 3.63) is 0 Å². The van der Waals surface area contributed by atoms with Crippen LogP contribution in [0.2, 0.25) is 0 Å². The van der Waals surface area contributed by atoms with Gasteiger partial charge in [0.05, 0.1) is 6.42 Å². The highest BCUT2D eigenvalue weighted by Crippen LogP contribution is 2.54. The van der Waals surface area contributed by atoms with E-state index >= 15 is 0 Å². The Morgan fingerprint density at radius 1 is 0.947 bits per heavy atom. The van der Waals surface area contributed by atoms with E-state index in [9.17, 15) is 35.9 Å². The van der Waals surface area contributed by atoms with Gasteiger partial charge in [0.15, 0.2) is 0 Å². The lowest BCUT2D eigenvalue weighted by Crippen LogP contribution is -2.59. The summed E-state index contributed by atoms with van der Waals surface area (Å²) in [5.41, 5.74) is 0. The van der Waals surface area contributed by atoms with Crippen LogP contribution in [-0.2, 0) is 23.8 Å². The van der Waals surface area contributed by atoms with Gasteiger partial charge in [0.25, 0.3) is 0 Å². The zero-order chi connectivity index (χ0) is 14.7. The van der Waals surface area contributed by atoms with Crippen LogP contribution in [0, 0.1) is 0 Å². The summed E-state index contributed by atoms with van der Waals surface area (Å²) in [5.74, 6) is -11.3. The van der Waals surface area contributed by atoms with Crippen LogP contribution in [0.4, 0.5) is 26.3 Å². The molecular weight excluding hydrogens is 290 g/mol. The molecule has 2 aliphatic rings. The maximum absolute atomic E-state index is 12.6. The normalized spacial score (nSPS) is 30.6. The topological polar surface area (TPSA) is 61.8 Å². The van der Waals surface area contributed by atoms with Crippen LogP contribution < -0.4 is 0 Å². The Morgan fingerprint density at radius 3 is 1.79 bits per heavy atom. The molecule has 0 aromatic carbocycles. The molecule has 1 atom stereocenters. The SMILES string of the molecule is O=C1CCC2(O1)OC(C(F)(F)F)(C(F)(F)F)OC2=O. The van der Waals surface area contributed by atoms with Crippen LogP contribution in [-0.4, -0.2) is 35.9 Å². The minimum absolute atomic E-state index is 0.555. The van der Waals surface area contributed by atoms with Gasteiger partial charge < -0.3 is 9.47 Å². The van der Waals surface area contributed by atoms with Gasteiger partial charge in [-0.05, 0) is 0 Å². The smallest absolute Gasteiger partial charge is 0.421 e. The minimum atomic E-state index is -6.07. The van der Waals surface area contributed by atoms with E-state index in [0.717, 1.165) is 0 Å². The van der Waals surface area contributed by atoms with Crippen molar-refractivity contribution < 1.29 is 50.1 Å². The van der Waals surface area contributed by atoms with Crippen LogP contribution >= 0.6 is 0 Å². The van der Waals surface area contributed by atoms with Gasteiger partial charge in [0.1, 0.15) is 0 Å². The number of hydrogen-bond acceptors (Lipinski definition) is 5. The number of alkyl halides is 6. The third-order valence-corrected chi connectivity index (χ3v) is 2.54. The zero-order valence-electron chi connectivity index (χ0n) is 8.72. The van der Waals surface area contributed by atoms with Crippen LogP contribution in [0.25, 0.3) is 0 Å². The molecule has 0 aliphatic carbocycles. The summed E-state index contributed by atoms with van der Waals surface area (Å²) in [6, 6.07) is 0. The molecule has 1 spiro atoms. The second-order valence-electron chi connectivity index (χ2n) is 3.83. The molecule has 2 heterocycles. The zero-order valence-corrected chi connectivity index (χ0v) is 8.72. The predicted molar refractivity (Wildman–Crippen MR) is 40.1 cm³/mol. The first-order chi connectivity index (χ1) is 8.44. The average molecular weight is 294 g/mol. The molecule has 0 saturated carbocycles. The van der Waals surface area contributed by atoms with E-state index in [1.54, 1.807) is 0 Å². The van der Waals surface area contributed by atoms with Crippen molar-refractivity contribution in [3.8, 4) is 0 Å².